The molecule has 0 aliphatic heterocycles. The van der Waals surface area contributed by atoms with Crippen molar-refractivity contribution in [1.82, 2.24) is 25.4 Å². The van der Waals surface area contributed by atoms with Crippen LogP contribution < -0.4 is 15.0 Å². The first-order valence-electron chi connectivity index (χ1n) is 10.8. The predicted octanol–water partition coefficient (Wildman–Crippen LogP) is 3.49. The number of carbonyl (C=O) groups is 1. The number of aromatic amines is 2. The van der Waals surface area contributed by atoms with Gasteiger partial charge < -0.3 is 19.2 Å². The van der Waals surface area contributed by atoms with Crippen molar-refractivity contribution in [2.45, 2.75) is 33.3 Å². The van der Waals surface area contributed by atoms with E-state index in [4.69, 9.17) is 14.2 Å². The van der Waals surface area contributed by atoms with E-state index >= 15 is 0 Å². The van der Waals surface area contributed by atoms with E-state index in [1.54, 1.807) is 12.1 Å². The molecule has 2 N–H and O–H groups in total. The third-order valence-corrected chi connectivity index (χ3v) is 4.70. The Bertz CT molecular complexity index is 1370. The summed E-state index contributed by atoms with van der Waals surface area (Å²) in [6, 6.07) is 13.0. The highest BCUT2D eigenvalue weighted by Gasteiger charge is 2.17. The monoisotopic (exact) mass is 463 g/mol. The van der Waals surface area contributed by atoms with Gasteiger partial charge in [0.25, 0.3) is 5.56 Å². The third-order valence-electron chi connectivity index (χ3n) is 4.70. The summed E-state index contributed by atoms with van der Waals surface area (Å²) in [5.41, 5.74) is 1.96. The molecule has 2 aromatic carbocycles. The molecular formula is C24H25N5O5. The molecule has 0 saturated carbocycles. The van der Waals surface area contributed by atoms with Crippen molar-refractivity contribution in [3.05, 3.63) is 52.8 Å². The molecule has 176 valence electrons. The fraction of sp³-hybridized carbons (Fsp3) is 0.292. The Morgan fingerprint density at radius 2 is 1.76 bits per heavy atom. The Kier molecular flexibility index (Phi) is 6.31. The predicted molar refractivity (Wildman–Crippen MR) is 126 cm³/mol. The van der Waals surface area contributed by atoms with Crippen molar-refractivity contribution in [2.75, 3.05) is 13.2 Å². The van der Waals surface area contributed by atoms with Crippen molar-refractivity contribution in [3.63, 3.8) is 0 Å². The molecule has 10 nitrogen and oxygen atoms in total. The van der Waals surface area contributed by atoms with Crippen LogP contribution >= 0.6 is 0 Å². The Balaban J connectivity index is 1.56. The number of aromatic nitrogens is 5. The number of H-pyrrole nitrogens is 2. The number of rotatable bonds is 7. The van der Waals surface area contributed by atoms with Gasteiger partial charge in [0.2, 0.25) is 0 Å². The Labute approximate surface area is 195 Å². The van der Waals surface area contributed by atoms with Crippen molar-refractivity contribution in [3.8, 4) is 34.0 Å². The molecule has 0 aliphatic rings. The van der Waals surface area contributed by atoms with Crippen molar-refractivity contribution in [1.29, 1.82) is 0 Å². The lowest BCUT2D eigenvalue weighted by molar-refractivity contribution is -0.157. The smallest absolute Gasteiger partial charge is 0.344 e. The molecule has 0 radical (unpaired) electrons. The minimum Gasteiger partial charge on any atom is -0.493 e. The topological polar surface area (TPSA) is 132 Å². The number of nitrogens with one attached hydrogen (secondary N) is 2. The van der Waals surface area contributed by atoms with Crippen LogP contribution in [0.2, 0.25) is 0 Å². The average molecular weight is 463 g/mol. The van der Waals surface area contributed by atoms with Crippen molar-refractivity contribution in [2.24, 2.45) is 0 Å². The summed E-state index contributed by atoms with van der Waals surface area (Å²) in [6.07, 6.45) is 0. The molecule has 0 unspecified atom stereocenters. The van der Waals surface area contributed by atoms with Gasteiger partial charge in [-0.25, -0.2) is 14.9 Å². The van der Waals surface area contributed by atoms with E-state index in [0.717, 1.165) is 11.1 Å². The zero-order chi connectivity index (χ0) is 24.3. The van der Waals surface area contributed by atoms with Gasteiger partial charge in [0.05, 0.1) is 12.2 Å². The van der Waals surface area contributed by atoms with E-state index in [0.29, 0.717) is 35.1 Å². The van der Waals surface area contributed by atoms with E-state index in [1.165, 1.54) is 0 Å². The fourth-order valence-electron chi connectivity index (χ4n) is 3.32. The summed E-state index contributed by atoms with van der Waals surface area (Å²) in [7, 11) is 0. The van der Waals surface area contributed by atoms with Crippen LogP contribution in [0.1, 0.15) is 27.7 Å². The Hall–Kier alpha value is -4.21. The minimum atomic E-state index is -0.557. The van der Waals surface area contributed by atoms with E-state index in [-0.39, 0.29) is 17.7 Å². The number of fused-ring (bicyclic) bond motifs is 1. The van der Waals surface area contributed by atoms with Crippen LogP contribution in [0, 0.1) is 0 Å². The van der Waals surface area contributed by atoms with E-state index in [9.17, 15) is 9.59 Å². The van der Waals surface area contributed by atoms with Gasteiger partial charge in [-0.05, 0) is 63.1 Å². The van der Waals surface area contributed by atoms with Gasteiger partial charge in [0.15, 0.2) is 17.8 Å². The van der Waals surface area contributed by atoms with Crippen LogP contribution in [-0.4, -0.2) is 50.2 Å². The van der Waals surface area contributed by atoms with Gasteiger partial charge in [-0.2, -0.15) is 0 Å². The lowest BCUT2D eigenvalue weighted by Gasteiger charge is -2.19. The van der Waals surface area contributed by atoms with Gasteiger partial charge in [0.1, 0.15) is 22.9 Å². The summed E-state index contributed by atoms with van der Waals surface area (Å²) < 4.78 is 16.6. The van der Waals surface area contributed by atoms with Crippen LogP contribution in [0.4, 0.5) is 0 Å². The zero-order valence-corrected chi connectivity index (χ0v) is 19.3. The first-order chi connectivity index (χ1) is 16.2. The van der Waals surface area contributed by atoms with E-state index in [2.05, 4.69) is 25.4 Å². The molecule has 0 saturated heterocycles. The number of ether oxygens (including phenoxy) is 3. The second-order valence-electron chi connectivity index (χ2n) is 8.47. The second-order valence-corrected chi connectivity index (χ2v) is 8.47. The first-order valence-corrected chi connectivity index (χ1v) is 10.8. The molecule has 4 rings (SSSR count). The van der Waals surface area contributed by atoms with E-state index < -0.39 is 11.6 Å². The summed E-state index contributed by atoms with van der Waals surface area (Å²) in [5, 5.41) is 9.98. The molecule has 4 aromatic rings. The van der Waals surface area contributed by atoms with Crippen LogP contribution in [-0.2, 0) is 9.53 Å². The fourth-order valence-corrected chi connectivity index (χ4v) is 3.32. The molecule has 0 atom stereocenters. The standard InChI is InChI=1S/C24H25N5O5/c1-5-32-18-12-15(8-11-17(18)21-25-22-20(23(31)26-21)27-29-28-22)14-6-9-16(10-7-14)33-13-19(30)34-24(2,3)4/h6-12H,5,13H2,1-4H3,(H2,25,26,27,28,29,31). The number of hydrogen-bond acceptors (Lipinski definition) is 8. The third kappa shape index (κ3) is 5.22. The number of esters is 1. The SMILES string of the molecule is CCOc1cc(-c2ccc(OCC(=O)OC(C)(C)C)cc2)ccc1-c1nc2[nH]nnc2c(=O)[nH]1. The van der Waals surface area contributed by atoms with Crippen molar-refractivity contribution < 1.29 is 19.0 Å². The van der Waals surface area contributed by atoms with Gasteiger partial charge >= 0.3 is 5.97 Å². The van der Waals surface area contributed by atoms with Crippen LogP contribution in [0.5, 0.6) is 11.5 Å². The number of benzene rings is 2. The van der Waals surface area contributed by atoms with Gasteiger partial charge in [0, 0.05) is 0 Å². The van der Waals surface area contributed by atoms with Gasteiger partial charge in [-0.3, -0.25) is 4.79 Å². The summed E-state index contributed by atoms with van der Waals surface area (Å²) in [5.74, 6) is 1.05. The first kappa shape index (κ1) is 23.0. The van der Waals surface area contributed by atoms with Crippen LogP contribution in [0.3, 0.4) is 0 Å². The van der Waals surface area contributed by atoms with Gasteiger partial charge in [-0.1, -0.05) is 23.4 Å². The molecule has 34 heavy (non-hydrogen) atoms. The lowest BCUT2D eigenvalue weighted by Crippen LogP contribution is -2.27. The Morgan fingerprint density at radius 1 is 1.03 bits per heavy atom. The lowest BCUT2D eigenvalue weighted by atomic mass is 10.0. The number of nitrogens with zero attached hydrogens (tertiary/aromatic N) is 3. The maximum Gasteiger partial charge on any atom is 0.344 e. The molecule has 0 amide bonds. The van der Waals surface area contributed by atoms with Crippen LogP contribution in [0.25, 0.3) is 33.7 Å². The highest BCUT2D eigenvalue weighted by Crippen LogP contribution is 2.33. The molecule has 2 heterocycles. The molecule has 10 heteroatoms. The summed E-state index contributed by atoms with van der Waals surface area (Å²) >= 11 is 0. The zero-order valence-electron chi connectivity index (χ0n) is 19.3. The maximum atomic E-state index is 12.3. The summed E-state index contributed by atoms with van der Waals surface area (Å²) in [4.78, 5) is 31.3. The summed E-state index contributed by atoms with van der Waals surface area (Å²) in [6.45, 7) is 7.57. The quantitative estimate of drug-likeness (QED) is 0.398. The van der Waals surface area contributed by atoms with E-state index in [1.807, 2.05) is 58.0 Å². The maximum absolute atomic E-state index is 12.3. The molecule has 0 bridgehead atoms. The molecule has 0 fully saturated rings. The number of hydrogen-bond donors (Lipinski definition) is 2. The average Bonchev–Trinajstić information content (AvgIpc) is 3.26. The normalized spacial score (nSPS) is 11.4. The highest BCUT2D eigenvalue weighted by molar-refractivity contribution is 5.76. The molecule has 0 aliphatic carbocycles. The number of carbonyl (C=O) groups excluding carboxylic acids is 1. The molecule has 2 aromatic heterocycles. The van der Waals surface area contributed by atoms with Gasteiger partial charge in [-0.15, -0.1) is 5.10 Å². The molecular weight excluding hydrogens is 438 g/mol. The highest BCUT2D eigenvalue weighted by atomic mass is 16.6. The largest absolute Gasteiger partial charge is 0.493 e. The van der Waals surface area contributed by atoms with Crippen molar-refractivity contribution >= 4 is 17.1 Å². The molecule has 0 spiro atoms. The second kappa shape index (κ2) is 9.34. The minimum absolute atomic E-state index is 0.146. The Morgan fingerprint density at radius 3 is 2.47 bits per heavy atom. The van der Waals surface area contributed by atoms with Crippen LogP contribution in [0.15, 0.2) is 47.3 Å².